The molecule has 1 heterocycles. The summed E-state index contributed by atoms with van der Waals surface area (Å²) in [4.78, 5) is 24.7. The van der Waals surface area contributed by atoms with Crippen molar-refractivity contribution in [2.24, 2.45) is 5.92 Å². The summed E-state index contributed by atoms with van der Waals surface area (Å²) in [5.74, 6) is -0.522. The fourth-order valence-electron chi connectivity index (χ4n) is 2.36. The van der Waals surface area contributed by atoms with E-state index in [2.05, 4.69) is 12.2 Å². The number of urea groups is 1. The summed E-state index contributed by atoms with van der Waals surface area (Å²) in [6.07, 6.45) is 2.38. The molecule has 110 valence electrons. The quantitative estimate of drug-likeness (QED) is 0.714. The maximum absolute atomic E-state index is 12.0. The van der Waals surface area contributed by atoms with Gasteiger partial charge in [0.05, 0.1) is 6.61 Å². The van der Waals surface area contributed by atoms with Crippen LogP contribution in [0.2, 0.25) is 0 Å². The molecule has 1 rings (SSSR count). The number of rotatable bonds is 6. The predicted molar refractivity (Wildman–Crippen MR) is 71.0 cm³/mol. The number of hydrogen-bond acceptors (Lipinski definition) is 3. The van der Waals surface area contributed by atoms with Gasteiger partial charge in [0.25, 0.3) is 0 Å². The Morgan fingerprint density at radius 1 is 1.42 bits per heavy atom. The molecule has 0 saturated carbocycles. The van der Waals surface area contributed by atoms with E-state index < -0.39 is 12.0 Å². The average molecular weight is 272 g/mol. The van der Waals surface area contributed by atoms with Crippen LogP contribution in [0.25, 0.3) is 0 Å². The third-order valence-corrected chi connectivity index (χ3v) is 3.56. The molecule has 2 N–H and O–H groups in total. The van der Waals surface area contributed by atoms with E-state index in [1.165, 1.54) is 4.90 Å². The minimum absolute atomic E-state index is 0.304. The van der Waals surface area contributed by atoms with Crippen LogP contribution in [-0.4, -0.2) is 54.4 Å². The van der Waals surface area contributed by atoms with Crippen molar-refractivity contribution >= 4 is 12.0 Å². The molecule has 0 aromatic rings. The molecule has 6 heteroatoms. The topological polar surface area (TPSA) is 78.9 Å². The van der Waals surface area contributed by atoms with Crippen molar-refractivity contribution in [2.75, 3.05) is 26.3 Å². The van der Waals surface area contributed by atoms with Crippen molar-refractivity contribution in [3.05, 3.63) is 0 Å². The first-order valence-electron chi connectivity index (χ1n) is 6.95. The smallest absolute Gasteiger partial charge is 0.326 e. The van der Waals surface area contributed by atoms with Crippen LogP contribution < -0.4 is 5.32 Å². The van der Waals surface area contributed by atoms with E-state index in [-0.39, 0.29) is 6.03 Å². The summed E-state index contributed by atoms with van der Waals surface area (Å²) in [6, 6.07) is -1.01. The second-order valence-corrected chi connectivity index (χ2v) is 4.77. The van der Waals surface area contributed by atoms with Gasteiger partial charge in [-0.05, 0) is 25.7 Å². The molecule has 1 aliphatic heterocycles. The molecule has 0 radical (unpaired) electrons. The van der Waals surface area contributed by atoms with E-state index in [9.17, 15) is 14.7 Å². The van der Waals surface area contributed by atoms with Gasteiger partial charge in [0.15, 0.2) is 0 Å². The molecule has 1 saturated heterocycles. The summed E-state index contributed by atoms with van der Waals surface area (Å²) in [5, 5.41) is 11.9. The second-order valence-electron chi connectivity index (χ2n) is 4.77. The van der Waals surface area contributed by atoms with Gasteiger partial charge >= 0.3 is 12.0 Å². The van der Waals surface area contributed by atoms with Crippen molar-refractivity contribution in [2.45, 2.75) is 39.2 Å². The highest BCUT2D eigenvalue weighted by Gasteiger charge is 2.35. The Morgan fingerprint density at radius 3 is 2.74 bits per heavy atom. The van der Waals surface area contributed by atoms with Gasteiger partial charge in [-0.25, -0.2) is 9.59 Å². The molecule has 1 aliphatic rings. The Balaban J connectivity index is 2.49. The van der Waals surface area contributed by atoms with Gasteiger partial charge in [-0.3, -0.25) is 0 Å². The zero-order chi connectivity index (χ0) is 14.3. The Bertz CT molecular complexity index is 309. The SMILES string of the molecule is CCOCCNC(=O)N1CCC(CC)CC1C(=O)O. The zero-order valence-corrected chi connectivity index (χ0v) is 11.7. The third kappa shape index (κ3) is 4.70. The van der Waals surface area contributed by atoms with Gasteiger partial charge in [0.2, 0.25) is 0 Å². The number of hydrogen-bond donors (Lipinski definition) is 2. The molecular formula is C13H24N2O4. The first kappa shape index (κ1) is 15.8. The molecule has 2 amide bonds. The molecule has 2 unspecified atom stereocenters. The van der Waals surface area contributed by atoms with Crippen LogP contribution in [0, 0.1) is 5.92 Å². The number of ether oxygens (including phenoxy) is 1. The molecule has 2 atom stereocenters. The second kappa shape index (κ2) is 7.99. The molecule has 19 heavy (non-hydrogen) atoms. The normalized spacial score (nSPS) is 23.2. The molecule has 0 aliphatic carbocycles. The number of carboxylic acids is 1. The minimum Gasteiger partial charge on any atom is -0.480 e. The van der Waals surface area contributed by atoms with Gasteiger partial charge in [0, 0.05) is 19.7 Å². The Morgan fingerprint density at radius 2 is 2.16 bits per heavy atom. The van der Waals surface area contributed by atoms with Crippen molar-refractivity contribution in [1.29, 1.82) is 0 Å². The van der Waals surface area contributed by atoms with Crippen molar-refractivity contribution in [3.63, 3.8) is 0 Å². The van der Waals surface area contributed by atoms with E-state index in [1.54, 1.807) is 0 Å². The number of nitrogens with one attached hydrogen (secondary N) is 1. The third-order valence-electron chi connectivity index (χ3n) is 3.56. The molecule has 0 spiro atoms. The van der Waals surface area contributed by atoms with Crippen LogP contribution in [0.4, 0.5) is 4.79 Å². The standard InChI is InChI=1S/C13H24N2O4/c1-3-10-5-7-15(11(9-10)12(16)17)13(18)14-6-8-19-4-2/h10-11H,3-9H2,1-2H3,(H,14,18)(H,16,17). The lowest BCUT2D eigenvalue weighted by Crippen LogP contribution is -2.53. The summed E-state index contributed by atoms with van der Waals surface area (Å²) in [5.41, 5.74) is 0. The fraction of sp³-hybridized carbons (Fsp3) is 0.846. The van der Waals surface area contributed by atoms with Crippen LogP contribution in [0.1, 0.15) is 33.1 Å². The van der Waals surface area contributed by atoms with Crippen LogP contribution in [0.3, 0.4) is 0 Å². The van der Waals surface area contributed by atoms with Crippen LogP contribution in [0.5, 0.6) is 0 Å². The maximum Gasteiger partial charge on any atom is 0.326 e. The lowest BCUT2D eigenvalue weighted by Gasteiger charge is -2.36. The number of piperidine rings is 1. The van der Waals surface area contributed by atoms with Crippen molar-refractivity contribution in [1.82, 2.24) is 10.2 Å². The number of carbonyl (C=O) groups excluding carboxylic acids is 1. The number of likely N-dealkylation sites (tertiary alicyclic amines) is 1. The number of carboxylic acid groups (broad SMARTS) is 1. The zero-order valence-electron chi connectivity index (χ0n) is 11.7. The molecule has 1 fully saturated rings. The lowest BCUT2D eigenvalue weighted by atomic mass is 9.89. The molecule has 0 bridgehead atoms. The summed E-state index contributed by atoms with van der Waals surface area (Å²) in [6.45, 7) is 5.92. The van der Waals surface area contributed by atoms with E-state index in [1.807, 2.05) is 6.92 Å². The molecular weight excluding hydrogens is 248 g/mol. The fourth-order valence-corrected chi connectivity index (χ4v) is 2.36. The van der Waals surface area contributed by atoms with Gasteiger partial charge in [-0.1, -0.05) is 13.3 Å². The molecule has 0 aromatic heterocycles. The van der Waals surface area contributed by atoms with E-state index in [0.29, 0.717) is 38.6 Å². The Labute approximate surface area is 114 Å². The van der Waals surface area contributed by atoms with Crippen molar-refractivity contribution in [3.8, 4) is 0 Å². The average Bonchev–Trinajstić information content (AvgIpc) is 2.42. The molecule has 0 aromatic carbocycles. The summed E-state index contributed by atoms with van der Waals surface area (Å²) < 4.78 is 5.13. The predicted octanol–water partition coefficient (Wildman–Crippen LogP) is 1.31. The highest BCUT2D eigenvalue weighted by molar-refractivity contribution is 5.82. The number of aliphatic carboxylic acids is 1. The summed E-state index contributed by atoms with van der Waals surface area (Å²) in [7, 11) is 0. The Kier molecular flexibility index (Phi) is 6.62. The highest BCUT2D eigenvalue weighted by atomic mass is 16.5. The number of nitrogens with zero attached hydrogens (tertiary/aromatic N) is 1. The maximum atomic E-state index is 12.0. The van der Waals surface area contributed by atoms with Crippen LogP contribution >= 0.6 is 0 Å². The monoisotopic (exact) mass is 272 g/mol. The van der Waals surface area contributed by atoms with Crippen molar-refractivity contribution < 1.29 is 19.4 Å². The van der Waals surface area contributed by atoms with Crippen LogP contribution in [-0.2, 0) is 9.53 Å². The summed E-state index contributed by atoms with van der Waals surface area (Å²) >= 11 is 0. The number of carbonyl (C=O) groups is 2. The van der Waals surface area contributed by atoms with Crippen LogP contribution in [0.15, 0.2) is 0 Å². The van der Waals surface area contributed by atoms with E-state index in [4.69, 9.17) is 4.74 Å². The van der Waals surface area contributed by atoms with Gasteiger partial charge in [0.1, 0.15) is 6.04 Å². The minimum atomic E-state index is -0.918. The first-order valence-corrected chi connectivity index (χ1v) is 6.95. The highest BCUT2D eigenvalue weighted by Crippen LogP contribution is 2.25. The van der Waals surface area contributed by atoms with Gasteiger partial charge < -0.3 is 20.1 Å². The Hall–Kier alpha value is -1.30. The van der Waals surface area contributed by atoms with E-state index in [0.717, 1.165) is 12.8 Å². The first-order chi connectivity index (χ1) is 9.10. The van der Waals surface area contributed by atoms with E-state index >= 15 is 0 Å². The number of amides is 2. The largest absolute Gasteiger partial charge is 0.480 e. The van der Waals surface area contributed by atoms with Gasteiger partial charge in [-0.2, -0.15) is 0 Å². The molecule has 6 nitrogen and oxygen atoms in total. The van der Waals surface area contributed by atoms with Gasteiger partial charge in [-0.15, -0.1) is 0 Å². The lowest BCUT2D eigenvalue weighted by molar-refractivity contribution is -0.144.